The molecule has 5 heteroatoms. The molecular formula is C21H24ClNO3. The van der Waals surface area contributed by atoms with Crippen molar-refractivity contribution in [3.8, 4) is 11.5 Å². The second-order valence-corrected chi connectivity index (χ2v) is 7.66. The topological polar surface area (TPSA) is 49.8 Å². The number of likely N-dealkylation sites (tertiary alicyclic amines) is 1. The number of carboxylic acid groups (broad SMARTS) is 1. The summed E-state index contributed by atoms with van der Waals surface area (Å²) in [5.74, 6) is 1.00. The van der Waals surface area contributed by atoms with Gasteiger partial charge in [0, 0.05) is 24.7 Å². The van der Waals surface area contributed by atoms with E-state index in [9.17, 15) is 9.90 Å². The molecule has 4 nitrogen and oxygen atoms in total. The van der Waals surface area contributed by atoms with Crippen LogP contribution in [0.4, 0.5) is 0 Å². The molecule has 0 saturated carbocycles. The number of halogens is 1. The standard InChI is InChI=1S/C21H24ClNO3/c1-14-9-17(21(24)25)13-23(11-14)12-16-3-6-19(7-4-16)26-20-8-5-18(22)10-15(20)2/h3-8,10,14,17H,9,11-13H2,1-2H3,(H,24,25). The summed E-state index contributed by atoms with van der Waals surface area (Å²) in [4.78, 5) is 13.5. The number of benzene rings is 2. The van der Waals surface area contributed by atoms with E-state index in [1.165, 1.54) is 0 Å². The number of carbonyl (C=O) groups is 1. The van der Waals surface area contributed by atoms with Crippen LogP contribution in [0.3, 0.4) is 0 Å². The summed E-state index contributed by atoms with van der Waals surface area (Å²) in [7, 11) is 0. The highest BCUT2D eigenvalue weighted by molar-refractivity contribution is 6.30. The van der Waals surface area contributed by atoms with Crippen LogP contribution >= 0.6 is 11.6 Å². The molecule has 1 N–H and O–H groups in total. The van der Waals surface area contributed by atoms with Crippen LogP contribution < -0.4 is 4.74 Å². The number of nitrogens with zero attached hydrogens (tertiary/aromatic N) is 1. The van der Waals surface area contributed by atoms with Crippen molar-refractivity contribution in [3.05, 3.63) is 58.6 Å². The van der Waals surface area contributed by atoms with Crippen LogP contribution in [0.25, 0.3) is 0 Å². The molecule has 3 rings (SSSR count). The molecular weight excluding hydrogens is 350 g/mol. The lowest BCUT2D eigenvalue weighted by molar-refractivity contribution is -0.144. The number of ether oxygens (including phenoxy) is 1. The SMILES string of the molecule is Cc1cc(Cl)ccc1Oc1ccc(CN2CC(C)CC(C(=O)O)C2)cc1. The Labute approximate surface area is 159 Å². The summed E-state index contributed by atoms with van der Waals surface area (Å²) >= 11 is 5.98. The van der Waals surface area contributed by atoms with E-state index in [-0.39, 0.29) is 5.92 Å². The fraction of sp³-hybridized carbons (Fsp3) is 0.381. The summed E-state index contributed by atoms with van der Waals surface area (Å²) in [6, 6.07) is 13.5. The Bertz CT molecular complexity index is 775. The molecule has 2 unspecified atom stereocenters. The Balaban J connectivity index is 1.63. The van der Waals surface area contributed by atoms with Gasteiger partial charge >= 0.3 is 5.97 Å². The van der Waals surface area contributed by atoms with Crippen LogP contribution in [0, 0.1) is 18.8 Å². The molecule has 2 atom stereocenters. The molecule has 2 aromatic rings. The first-order valence-electron chi connectivity index (χ1n) is 8.89. The van der Waals surface area contributed by atoms with Gasteiger partial charge in [0.25, 0.3) is 0 Å². The normalized spacial score (nSPS) is 20.7. The van der Waals surface area contributed by atoms with Crippen molar-refractivity contribution >= 4 is 17.6 Å². The molecule has 0 bridgehead atoms. The second kappa shape index (κ2) is 8.11. The number of aryl methyl sites for hydroxylation is 1. The third-order valence-corrected chi connectivity index (χ3v) is 5.01. The zero-order valence-electron chi connectivity index (χ0n) is 15.1. The molecule has 138 valence electrons. The maximum Gasteiger partial charge on any atom is 0.307 e. The lowest BCUT2D eigenvalue weighted by Crippen LogP contribution is -2.41. The molecule has 0 aromatic heterocycles. The first-order valence-corrected chi connectivity index (χ1v) is 9.26. The van der Waals surface area contributed by atoms with Gasteiger partial charge in [0.1, 0.15) is 11.5 Å². The van der Waals surface area contributed by atoms with Crippen LogP contribution in [0.5, 0.6) is 11.5 Å². The minimum atomic E-state index is -0.691. The highest BCUT2D eigenvalue weighted by atomic mass is 35.5. The van der Waals surface area contributed by atoms with Gasteiger partial charge in [-0.05, 0) is 60.7 Å². The van der Waals surface area contributed by atoms with Crippen molar-refractivity contribution in [1.82, 2.24) is 4.90 Å². The van der Waals surface area contributed by atoms with E-state index >= 15 is 0 Å². The zero-order valence-corrected chi connectivity index (χ0v) is 15.9. The first kappa shape index (κ1) is 18.7. The molecule has 1 fully saturated rings. The molecule has 1 aliphatic heterocycles. The fourth-order valence-electron chi connectivity index (χ4n) is 3.55. The number of hydrogen-bond acceptors (Lipinski definition) is 3. The van der Waals surface area contributed by atoms with Gasteiger partial charge in [-0.3, -0.25) is 9.69 Å². The summed E-state index contributed by atoms with van der Waals surface area (Å²) < 4.78 is 5.92. The lowest BCUT2D eigenvalue weighted by Gasteiger charge is -2.34. The minimum Gasteiger partial charge on any atom is -0.481 e. The van der Waals surface area contributed by atoms with Gasteiger partial charge in [-0.25, -0.2) is 0 Å². The van der Waals surface area contributed by atoms with Crippen LogP contribution in [-0.4, -0.2) is 29.1 Å². The molecule has 1 heterocycles. The number of piperidine rings is 1. The molecule has 0 amide bonds. The summed E-state index contributed by atoms with van der Waals surface area (Å²) in [6.45, 7) is 6.39. The Morgan fingerprint density at radius 3 is 2.62 bits per heavy atom. The van der Waals surface area contributed by atoms with Crippen LogP contribution in [-0.2, 0) is 11.3 Å². The van der Waals surface area contributed by atoms with Gasteiger partial charge in [-0.15, -0.1) is 0 Å². The smallest absolute Gasteiger partial charge is 0.307 e. The zero-order chi connectivity index (χ0) is 18.7. The Morgan fingerprint density at radius 1 is 1.23 bits per heavy atom. The summed E-state index contributed by atoms with van der Waals surface area (Å²) in [5.41, 5.74) is 2.15. The lowest BCUT2D eigenvalue weighted by atomic mass is 9.90. The van der Waals surface area contributed by atoms with Crippen LogP contribution in [0.1, 0.15) is 24.5 Å². The Hall–Kier alpha value is -2.04. The molecule has 26 heavy (non-hydrogen) atoms. The predicted molar refractivity (Wildman–Crippen MR) is 103 cm³/mol. The highest BCUT2D eigenvalue weighted by Crippen LogP contribution is 2.28. The van der Waals surface area contributed by atoms with Crippen molar-refractivity contribution in [2.45, 2.75) is 26.8 Å². The number of rotatable bonds is 5. The maximum atomic E-state index is 11.3. The summed E-state index contributed by atoms with van der Waals surface area (Å²) in [5, 5.41) is 10.00. The van der Waals surface area contributed by atoms with Gasteiger partial charge in [-0.1, -0.05) is 30.7 Å². The molecule has 0 aliphatic carbocycles. The maximum absolute atomic E-state index is 11.3. The van der Waals surface area contributed by atoms with E-state index in [1.54, 1.807) is 0 Å². The third-order valence-electron chi connectivity index (χ3n) is 4.78. The second-order valence-electron chi connectivity index (χ2n) is 7.23. The molecule has 0 spiro atoms. The van der Waals surface area contributed by atoms with E-state index in [1.807, 2.05) is 49.4 Å². The van der Waals surface area contributed by atoms with Crippen LogP contribution in [0.2, 0.25) is 5.02 Å². The van der Waals surface area contributed by atoms with Crippen molar-refractivity contribution in [3.63, 3.8) is 0 Å². The van der Waals surface area contributed by atoms with Crippen molar-refractivity contribution in [2.75, 3.05) is 13.1 Å². The Morgan fingerprint density at radius 2 is 1.96 bits per heavy atom. The van der Waals surface area contributed by atoms with Gasteiger partial charge < -0.3 is 9.84 Å². The fourth-order valence-corrected chi connectivity index (χ4v) is 3.77. The molecule has 2 aromatic carbocycles. The average molecular weight is 374 g/mol. The highest BCUT2D eigenvalue weighted by Gasteiger charge is 2.29. The largest absolute Gasteiger partial charge is 0.481 e. The predicted octanol–water partition coefficient (Wildman–Crippen LogP) is 4.98. The van der Waals surface area contributed by atoms with Gasteiger partial charge in [0.15, 0.2) is 0 Å². The number of aliphatic carboxylic acids is 1. The van der Waals surface area contributed by atoms with Crippen molar-refractivity contribution in [1.29, 1.82) is 0 Å². The summed E-state index contributed by atoms with van der Waals surface area (Å²) in [6.07, 6.45) is 0.763. The van der Waals surface area contributed by atoms with E-state index in [0.29, 0.717) is 17.5 Å². The Kier molecular flexibility index (Phi) is 5.84. The molecule has 1 saturated heterocycles. The van der Waals surface area contributed by atoms with E-state index in [4.69, 9.17) is 16.3 Å². The van der Waals surface area contributed by atoms with Gasteiger partial charge in [0.2, 0.25) is 0 Å². The number of hydrogen-bond donors (Lipinski definition) is 1. The minimum absolute atomic E-state index is 0.269. The van der Waals surface area contributed by atoms with Gasteiger partial charge in [0.05, 0.1) is 5.92 Å². The quantitative estimate of drug-likeness (QED) is 0.802. The van der Waals surface area contributed by atoms with E-state index in [0.717, 1.165) is 42.1 Å². The molecule has 1 aliphatic rings. The van der Waals surface area contributed by atoms with Gasteiger partial charge in [-0.2, -0.15) is 0 Å². The monoisotopic (exact) mass is 373 g/mol. The first-order chi connectivity index (χ1) is 12.4. The third kappa shape index (κ3) is 4.77. The van der Waals surface area contributed by atoms with Crippen LogP contribution in [0.15, 0.2) is 42.5 Å². The van der Waals surface area contributed by atoms with Crippen molar-refractivity contribution in [2.24, 2.45) is 11.8 Å². The number of carboxylic acids is 1. The van der Waals surface area contributed by atoms with E-state index < -0.39 is 5.97 Å². The van der Waals surface area contributed by atoms with E-state index in [2.05, 4.69) is 11.8 Å². The molecule has 0 radical (unpaired) electrons. The van der Waals surface area contributed by atoms with Crippen molar-refractivity contribution < 1.29 is 14.6 Å². The average Bonchev–Trinajstić information content (AvgIpc) is 2.58.